The molecule has 0 amide bonds. The maximum absolute atomic E-state index is 4.16. The van der Waals surface area contributed by atoms with Gasteiger partial charge in [-0.25, -0.2) is 4.98 Å². The number of aromatic nitrogens is 2. The summed E-state index contributed by atoms with van der Waals surface area (Å²) in [5, 5.41) is 0. The van der Waals surface area contributed by atoms with Crippen LogP contribution in [0.2, 0.25) is 0 Å². The van der Waals surface area contributed by atoms with Crippen LogP contribution in [0, 0.1) is 0 Å². The second-order valence-electron chi connectivity index (χ2n) is 3.30. The van der Waals surface area contributed by atoms with E-state index < -0.39 is 0 Å². The van der Waals surface area contributed by atoms with Gasteiger partial charge in [-0.3, -0.25) is 0 Å². The van der Waals surface area contributed by atoms with Gasteiger partial charge in [0.2, 0.25) is 0 Å². The van der Waals surface area contributed by atoms with Crippen molar-refractivity contribution in [1.82, 2.24) is 14.9 Å². The first-order valence-corrected chi connectivity index (χ1v) is 4.42. The van der Waals surface area contributed by atoms with E-state index in [4.69, 9.17) is 0 Å². The molecule has 1 heterocycles. The Morgan fingerprint density at radius 1 is 1.42 bits per heavy atom. The summed E-state index contributed by atoms with van der Waals surface area (Å²) in [4.78, 5) is 9.47. The van der Waals surface area contributed by atoms with Crippen LogP contribution in [0.15, 0.2) is 12.4 Å². The number of imidazole rings is 1. The molecular formula is C9H17N3. The van der Waals surface area contributed by atoms with E-state index in [0.29, 0.717) is 0 Å². The van der Waals surface area contributed by atoms with Gasteiger partial charge in [-0.2, -0.15) is 0 Å². The third kappa shape index (κ3) is 3.53. The molecule has 0 fully saturated rings. The molecule has 12 heavy (non-hydrogen) atoms. The molecule has 1 aromatic heterocycles. The summed E-state index contributed by atoms with van der Waals surface area (Å²) in [7, 11) is 4.21. The van der Waals surface area contributed by atoms with E-state index in [1.807, 2.05) is 6.20 Å². The van der Waals surface area contributed by atoms with Gasteiger partial charge in [-0.15, -0.1) is 0 Å². The van der Waals surface area contributed by atoms with Gasteiger partial charge in [0.15, 0.2) is 0 Å². The molecule has 0 aliphatic carbocycles. The van der Waals surface area contributed by atoms with Gasteiger partial charge in [0, 0.05) is 18.8 Å². The van der Waals surface area contributed by atoms with Crippen LogP contribution in [0.4, 0.5) is 0 Å². The summed E-state index contributed by atoms with van der Waals surface area (Å²) in [6, 6.07) is 0. The number of unbranched alkanes of at least 4 members (excludes halogenated alkanes) is 1. The molecule has 3 heteroatoms. The van der Waals surface area contributed by atoms with E-state index >= 15 is 0 Å². The molecule has 1 rings (SSSR count). The monoisotopic (exact) mass is 167 g/mol. The van der Waals surface area contributed by atoms with E-state index in [1.165, 1.54) is 19.4 Å². The highest BCUT2D eigenvalue weighted by Crippen LogP contribution is 1.98. The van der Waals surface area contributed by atoms with E-state index in [-0.39, 0.29) is 0 Å². The largest absolute Gasteiger partial charge is 0.349 e. The lowest BCUT2D eigenvalue weighted by Crippen LogP contribution is -2.12. The van der Waals surface area contributed by atoms with Crippen molar-refractivity contribution < 1.29 is 0 Å². The minimum absolute atomic E-state index is 1.07. The molecule has 0 saturated carbocycles. The van der Waals surface area contributed by atoms with Crippen LogP contribution in [0.1, 0.15) is 18.7 Å². The molecule has 0 aliphatic heterocycles. The van der Waals surface area contributed by atoms with Gasteiger partial charge < -0.3 is 9.88 Å². The number of nitrogens with zero attached hydrogens (tertiary/aromatic N) is 2. The summed E-state index contributed by atoms with van der Waals surface area (Å²) in [6.07, 6.45) is 7.21. The number of hydrogen-bond acceptors (Lipinski definition) is 2. The summed E-state index contributed by atoms with van der Waals surface area (Å²) in [5.41, 5.74) is 0. The Balaban J connectivity index is 2.04. The van der Waals surface area contributed by atoms with Gasteiger partial charge in [0.05, 0.1) is 0 Å². The molecule has 68 valence electrons. The maximum Gasteiger partial charge on any atom is 0.105 e. The number of rotatable bonds is 5. The molecule has 0 saturated heterocycles. The van der Waals surface area contributed by atoms with Gasteiger partial charge in [0.1, 0.15) is 5.82 Å². The first kappa shape index (κ1) is 9.26. The average Bonchev–Trinajstić information content (AvgIpc) is 2.49. The van der Waals surface area contributed by atoms with E-state index in [0.717, 1.165) is 12.2 Å². The normalized spacial score (nSPS) is 10.9. The van der Waals surface area contributed by atoms with Crippen LogP contribution in [0.3, 0.4) is 0 Å². The topological polar surface area (TPSA) is 31.9 Å². The third-order valence-electron chi connectivity index (χ3n) is 1.82. The zero-order valence-corrected chi connectivity index (χ0v) is 7.88. The van der Waals surface area contributed by atoms with Crippen LogP contribution < -0.4 is 0 Å². The van der Waals surface area contributed by atoms with Crippen LogP contribution in [0.25, 0.3) is 0 Å². The molecule has 0 radical (unpaired) electrons. The molecule has 0 unspecified atom stereocenters. The maximum atomic E-state index is 4.16. The van der Waals surface area contributed by atoms with Gasteiger partial charge >= 0.3 is 0 Å². The summed E-state index contributed by atoms with van der Waals surface area (Å²) < 4.78 is 0. The Morgan fingerprint density at radius 2 is 2.25 bits per heavy atom. The Hall–Kier alpha value is -0.830. The summed E-state index contributed by atoms with van der Waals surface area (Å²) in [5.74, 6) is 1.11. The quantitative estimate of drug-likeness (QED) is 0.670. The van der Waals surface area contributed by atoms with Crippen molar-refractivity contribution >= 4 is 0 Å². The van der Waals surface area contributed by atoms with Crippen molar-refractivity contribution in [2.45, 2.75) is 19.3 Å². The number of H-pyrrole nitrogens is 1. The molecule has 0 aromatic carbocycles. The Labute approximate surface area is 73.8 Å². The highest BCUT2D eigenvalue weighted by molar-refractivity contribution is 4.86. The fourth-order valence-corrected chi connectivity index (χ4v) is 1.16. The first-order chi connectivity index (χ1) is 5.79. The lowest BCUT2D eigenvalue weighted by molar-refractivity contribution is 0.394. The lowest BCUT2D eigenvalue weighted by Gasteiger charge is -2.07. The van der Waals surface area contributed by atoms with Crippen molar-refractivity contribution in [1.29, 1.82) is 0 Å². The van der Waals surface area contributed by atoms with Gasteiger partial charge in [-0.05, 0) is 33.5 Å². The molecule has 0 spiro atoms. The lowest BCUT2D eigenvalue weighted by atomic mass is 10.2. The fourth-order valence-electron chi connectivity index (χ4n) is 1.16. The van der Waals surface area contributed by atoms with Gasteiger partial charge in [-0.1, -0.05) is 0 Å². The number of nitrogens with one attached hydrogen (secondary N) is 1. The summed E-state index contributed by atoms with van der Waals surface area (Å²) in [6.45, 7) is 1.17. The van der Waals surface area contributed by atoms with Crippen LogP contribution in [-0.4, -0.2) is 35.5 Å². The molecule has 1 N–H and O–H groups in total. The second-order valence-corrected chi connectivity index (χ2v) is 3.30. The van der Waals surface area contributed by atoms with Crippen LogP contribution in [0.5, 0.6) is 0 Å². The van der Waals surface area contributed by atoms with Crippen molar-refractivity contribution in [2.75, 3.05) is 20.6 Å². The fraction of sp³-hybridized carbons (Fsp3) is 0.667. The molecule has 0 atom stereocenters. The van der Waals surface area contributed by atoms with E-state index in [2.05, 4.69) is 29.0 Å². The van der Waals surface area contributed by atoms with Crippen molar-refractivity contribution in [3.05, 3.63) is 18.2 Å². The van der Waals surface area contributed by atoms with Crippen LogP contribution >= 0.6 is 0 Å². The van der Waals surface area contributed by atoms with Crippen molar-refractivity contribution in [3.8, 4) is 0 Å². The smallest absolute Gasteiger partial charge is 0.105 e. The second kappa shape index (κ2) is 4.93. The first-order valence-electron chi connectivity index (χ1n) is 4.42. The van der Waals surface area contributed by atoms with E-state index in [9.17, 15) is 0 Å². The SMILES string of the molecule is CN(C)CCCCc1ncc[nH]1. The third-order valence-corrected chi connectivity index (χ3v) is 1.82. The highest BCUT2D eigenvalue weighted by atomic mass is 15.0. The summed E-state index contributed by atoms with van der Waals surface area (Å²) >= 11 is 0. The molecule has 0 bridgehead atoms. The zero-order chi connectivity index (χ0) is 8.81. The predicted octanol–water partition coefficient (Wildman–Crippen LogP) is 1.29. The Morgan fingerprint density at radius 3 is 2.83 bits per heavy atom. The molecular weight excluding hydrogens is 150 g/mol. The minimum Gasteiger partial charge on any atom is -0.349 e. The zero-order valence-electron chi connectivity index (χ0n) is 7.88. The predicted molar refractivity (Wildman–Crippen MR) is 50.1 cm³/mol. The highest BCUT2D eigenvalue weighted by Gasteiger charge is 1.95. The molecule has 0 aliphatic rings. The number of hydrogen-bond donors (Lipinski definition) is 1. The standard InChI is InChI=1S/C9H17N3/c1-12(2)8-4-3-5-9-10-6-7-11-9/h6-7H,3-5,8H2,1-2H3,(H,10,11). The van der Waals surface area contributed by atoms with Crippen LogP contribution in [-0.2, 0) is 6.42 Å². The average molecular weight is 167 g/mol. The van der Waals surface area contributed by atoms with E-state index in [1.54, 1.807) is 6.20 Å². The van der Waals surface area contributed by atoms with Crippen molar-refractivity contribution in [3.63, 3.8) is 0 Å². The Kier molecular flexibility index (Phi) is 3.80. The van der Waals surface area contributed by atoms with Gasteiger partial charge in [0.25, 0.3) is 0 Å². The number of aromatic amines is 1. The molecule has 1 aromatic rings. The van der Waals surface area contributed by atoms with Crippen molar-refractivity contribution in [2.24, 2.45) is 0 Å². The minimum atomic E-state index is 1.07. The number of aryl methyl sites for hydroxylation is 1. The molecule has 3 nitrogen and oxygen atoms in total. The Bertz CT molecular complexity index is 192.